The standard InChI is InChI=1S/C27H24F3N3O3/c28-27(29,30)36-20-11-9-19(10-12-20)17-31-13-15-32(16-14-31)25(34)18-33-23-7-3-1-5-21(23)26(35)22-6-2-4-8-24(22)33/h1-12H,13-18H2. The van der Waals surface area contributed by atoms with Crippen molar-refractivity contribution in [3.63, 3.8) is 0 Å². The molecule has 0 bridgehead atoms. The van der Waals surface area contributed by atoms with Gasteiger partial charge in [0, 0.05) is 43.5 Å². The Kier molecular flexibility index (Phi) is 6.40. The molecule has 186 valence electrons. The fourth-order valence-electron chi connectivity index (χ4n) is 4.69. The molecule has 1 amide bonds. The van der Waals surface area contributed by atoms with Crippen LogP contribution in [0, 0.1) is 0 Å². The first kappa shape index (κ1) is 23.9. The summed E-state index contributed by atoms with van der Waals surface area (Å²) >= 11 is 0. The van der Waals surface area contributed by atoms with Crippen molar-refractivity contribution in [2.45, 2.75) is 19.5 Å². The third-order valence-corrected chi connectivity index (χ3v) is 6.46. The quantitative estimate of drug-likeness (QED) is 0.385. The topological polar surface area (TPSA) is 54.8 Å². The highest BCUT2D eigenvalue weighted by Crippen LogP contribution is 2.23. The molecule has 0 N–H and O–H groups in total. The summed E-state index contributed by atoms with van der Waals surface area (Å²) < 4.78 is 42.9. The predicted molar refractivity (Wildman–Crippen MR) is 131 cm³/mol. The van der Waals surface area contributed by atoms with Gasteiger partial charge in [-0.3, -0.25) is 14.5 Å². The highest BCUT2D eigenvalue weighted by Gasteiger charge is 2.31. The molecule has 1 aromatic heterocycles. The van der Waals surface area contributed by atoms with E-state index in [-0.39, 0.29) is 23.6 Å². The zero-order chi connectivity index (χ0) is 25.3. The van der Waals surface area contributed by atoms with E-state index < -0.39 is 6.36 Å². The van der Waals surface area contributed by atoms with Crippen molar-refractivity contribution in [2.24, 2.45) is 0 Å². The molecule has 0 radical (unpaired) electrons. The van der Waals surface area contributed by atoms with Gasteiger partial charge in [0.2, 0.25) is 5.91 Å². The lowest BCUT2D eigenvalue weighted by molar-refractivity contribution is -0.274. The molecule has 4 aromatic rings. The molecule has 1 aliphatic rings. The van der Waals surface area contributed by atoms with E-state index in [4.69, 9.17) is 0 Å². The first-order chi connectivity index (χ1) is 17.3. The zero-order valence-corrected chi connectivity index (χ0v) is 19.4. The highest BCUT2D eigenvalue weighted by atomic mass is 19.4. The van der Waals surface area contributed by atoms with Gasteiger partial charge in [0.25, 0.3) is 0 Å². The molecule has 9 heteroatoms. The molecule has 0 spiro atoms. The van der Waals surface area contributed by atoms with Gasteiger partial charge >= 0.3 is 6.36 Å². The number of alkyl halides is 3. The van der Waals surface area contributed by atoms with E-state index in [9.17, 15) is 22.8 Å². The SMILES string of the molecule is O=C(Cn1c2ccccc2c(=O)c2ccccc21)N1CCN(Cc2ccc(OC(F)(F)F)cc2)CC1. The third-order valence-electron chi connectivity index (χ3n) is 6.46. The van der Waals surface area contributed by atoms with E-state index in [1.807, 2.05) is 45.9 Å². The Morgan fingerprint density at radius 3 is 1.92 bits per heavy atom. The number of nitrogens with zero attached hydrogens (tertiary/aromatic N) is 3. The lowest BCUT2D eigenvalue weighted by Crippen LogP contribution is -2.49. The molecule has 1 aliphatic heterocycles. The van der Waals surface area contributed by atoms with E-state index in [0.29, 0.717) is 43.5 Å². The molecule has 2 heterocycles. The Bertz CT molecular complexity index is 1400. The van der Waals surface area contributed by atoms with Crippen molar-refractivity contribution in [1.29, 1.82) is 0 Å². The van der Waals surface area contributed by atoms with Gasteiger partial charge in [-0.2, -0.15) is 0 Å². The minimum absolute atomic E-state index is 0.0257. The van der Waals surface area contributed by atoms with Gasteiger partial charge in [0.1, 0.15) is 12.3 Å². The molecule has 3 aromatic carbocycles. The van der Waals surface area contributed by atoms with Crippen molar-refractivity contribution in [2.75, 3.05) is 26.2 Å². The molecule has 0 saturated carbocycles. The maximum atomic E-state index is 13.3. The maximum absolute atomic E-state index is 13.3. The first-order valence-corrected chi connectivity index (χ1v) is 11.6. The molecule has 0 aliphatic carbocycles. The number of para-hydroxylation sites is 2. The Morgan fingerprint density at radius 1 is 0.806 bits per heavy atom. The van der Waals surface area contributed by atoms with Gasteiger partial charge in [0.15, 0.2) is 5.43 Å². The number of hydrogen-bond donors (Lipinski definition) is 0. The number of benzene rings is 3. The van der Waals surface area contributed by atoms with Crippen LogP contribution in [-0.2, 0) is 17.9 Å². The normalized spacial score (nSPS) is 14.9. The summed E-state index contributed by atoms with van der Waals surface area (Å²) in [6.45, 7) is 3.09. The van der Waals surface area contributed by atoms with Crippen molar-refractivity contribution in [3.8, 4) is 5.75 Å². The van der Waals surface area contributed by atoms with Crippen molar-refractivity contribution < 1.29 is 22.7 Å². The van der Waals surface area contributed by atoms with Crippen LogP contribution in [0.15, 0.2) is 77.6 Å². The zero-order valence-electron chi connectivity index (χ0n) is 19.4. The molecule has 36 heavy (non-hydrogen) atoms. The molecule has 0 atom stereocenters. The molecule has 1 saturated heterocycles. The summed E-state index contributed by atoms with van der Waals surface area (Å²) in [4.78, 5) is 30.2. The van der Waals surface area contributed by atoms with E-state index >= 15 is 0 Å². The molecular formula is C27H24F3N3O3. The van der Waals surface area contributed by atoms with Gasteiger partial charge in [0.05, 0.1) is 11.0 Å². The van der Waals surface area contributed by atoms with Crippen LogP contribution < -0.4 is 10.2 Å². The summed E-state index contributed by atoms with van der Waals surface area (Å²) in [5, 5.41) is 1.17. The number of rotatable bonds is 5. The number of carbonyl (C=O) groups excluding carboxylic acids is 1. The van der Waals surface area contributed by atoms with Gasteiger partial charge in [-0.1, -0.05) is 36.4 Å². The summed E-state index contributed by atoms with van der Waals surface area (Å²) in [6.07, 6.45) is -4.71. The number of hydrogen-bond acceptors (Lipinski definition) is 4. The number of fused-ring (bicyclic) bond motifs is 2. The van der Waals surface area contributed by atoms with Crippen LogP contribution in [0.2, 0.25) is 0 Å². The monoisotopic (exact) mass is 495 g/mol. The van der Waals surface area contributed by atoms with E-state index in [1.54, 1.807) is 24.3 Å². The summed E-state index contributed by atoms with van der Waals surface area (Å²) in [5.41, 5.74) is 2.28. The minimum atomic E-state index is -4.71. The average molecular weight is 496 g/mol. The summed E-state index contributed by atoms with van der Waals surface area (Å²) in [7, 11) is 0. The van der Waals surface area contributed by atoms with E-state index in [2.05, 4.69) is 9.64 Å². The lowest BCUT2D eigenvalue weighted by Gasteiger charge is -2.35. The molecular weight excluding hydrogens is 471 g/mol. The first-order valence-electron chi connectivity index (χ1n) is 11.6. The smallest absolute Gasteiger partial charge is 0.406 e. The van der Waals surface area contributed by atoms with Crippen LogP contribution in [0.3, 0.4) is 0 Å². The summed E-state index contributed by atoms with van der Waals surface area (Å²) in [6, 6.07) is 20.5. The number of amides is 1. The number of halogens is 3. The number of aromatic nitrogens is 1. The van der Waals surface area contributed by atoms with Gasteiger partial charge in [-0.05, 0) is 42.0 Å². The minimum Gasteiger partial charge on any atom is -0.406 e. The van der Waals surface area contributed by atoms with Crippen molar-refractivity contribution >= 4 is 27.7 Å². The van der Waals surface area contributed by atoms with Crippen molar-refractivity contribution in [1.82, 2.24) is 14.4 Å². The van der Waals surface area contributed by atoms with E-state index in [0.717, 1.165) is 16.6 Å². The summed E-state index contributed by atoms with van der Waals surface area (Å²) in [5.74, 6) is -0.272. The number of pyridine rings is 1. The van der Waals surface area contributed by atoms with Crippen LogP contribution in [0.5, 0.6) is 5.75 Å². The molecule has 6 nitrogen and oxygen atoms in total. The maximum Gasteiger partial charge on any atom is 0.573 e. The molecule has 0 unspecified atom stereocenters. The van der Waals surface area contributed by atoms with Gasteiger partial charge in [-0.15, -0.1) is 13.2 Å². The van der Waals surface area contributed by atoms with Crippen molar-refractivity contribution in [3.05, 3.63) is 88.6 Å². The highest BCUT2D eigenvalue weighted by molar-refractivity contribution is 5.94. The second-order valence-corrected chi connectivity index (χ2v) is 8.80. The van der Waals surface area contributed by atoms with Crippen LogP contribution in [0.1, 0.15) is 5.56 Å². The van der Waals surface area contributed by atoms with Gasteiger partial charge in [-0.25, -0.2) is 0 Å². The number of carbonyl (C=O) groups is 1. The van der Waals surface area contributed by atoms with Gasteiger partial charge < -0.3 is 14.2 Å². The van der Waals surface area contributed by atoms with E-state index in [1.165, 1.54) is 12.1 Å². The Hall–Kier alpha value is -3.85. The average Bonchev–Trinajstić information content (AvgIpc) is 2.87. The van der Waals surface area contributed by atoms with Crippen LogP contribution >= 0.6 is 0 Å². The fourth-order valence-corrected chi connectivity index (χ4v) is 4.69. The van der Waals surface area contributed by atoms with Crippen LogP contribution in [0.25, 0.3) is 21.8 Å². The predicted octanol–water partition coefficient (Wildman–Crippen LogP) is 4.40. The fraction of sp³-hybridized carbons (Fsp3) is 0.259. The number of piperazine rings is 1. The molecule has 1 fully saturated rings. The largest absolute Gasteiger partial charge is 0.573 e. The molecule has 5 rings (SSSR count). The third kappa shape index (κ3) is 5.06. The number of ether oxygens (including phenoxy) is 1. The van der Waals surface area contributed by atoms with Crippen LogP contribution in [0.4, 0.5) is 13.2 Å². The Balaban J connectivity index is 1.25. The Morgan fingerprint density at radius 2 is 1.36 bits per heavy atom. The second kappa shape index (κ2) is 9.66. The van der Waals surface area contributed by atoms with Crippen LogP contribution in [-0.4, -0.2) is 52.8 Å². The lowest BCUT2D eigenvalue weighted by atomic mass is 10.1. The Labute approximate surface area is 205 Å². The second-order valence-electron chi connectivity index (χ2n) is 8.80.